The van der Waals surface area contributed by atoms with E-state index in [9.17, 15) is 21.6 Å². The Hall–Kier alpha value is -1.09. The monoisotopic (exact) mass is 416 g/mol. The van der Waals surface area contributed by atoms with Gasteiger partial charge in [-0.1, -0.05) is 35.3 Å². The van der Waals surface area contributed by atoms with Gasteiger partial charge in [0.15, 0.2) is 5.75 Å². The summed E-state index contributed by atoms with van der Waals surface area (Å²) >= 11 is 13.1. The summed E-state index contributed by atoms with van der Waals surface area (Å²) in [7, 11) is -5.83. The molecule has 24 heavy (non-hydrogen) atoms. The lowest BCUT2D eigenvalue weighted by Crippen LogP contribution is -2.28. The molecule has 0 radical (unpaired) electrons. The predicted molar refractivity (Wildman–Crippen MR) is 89.3 cm³/mol. The number of hydrogen-bond donors (Lipinski definition) is 0. The molecule has 0 fully saturated rings. The highest BCUT2D eigenvalue weighted by Crippen LogP contribution is 2.39. The van der Waals surface area contributed by atoms with Gasteiger partial charge in [-0.15, -0.1) is 11.8 Å². The van der Waals surface area contributed by atoms with Gasteiger partial charge in [-0.2, -0.15) is 21.6 Å². The van der Waals surface area contributed by atoms with Gasteiger partial charge in [-0.25, -0.2) is 0 Å². The molecular formula is C14H9Cl2F3O3S2. The summed E-state index contributed by atoms with van der Waals surface area (Å²) < 4.78 is 64.5. The van der Waals surface area contributed by atoms with E-state index in [1.54, 1.807) is 24.3 Å². The first-order chi connectivity index (χ1) is 11.0. The fraction of sp³-hybridized carbons (Fsp3) is 0.143. The number of thioether (sulfide) groups is 1. The minimum Gasteiger partial charge on any atom is -0.375 e. The molecule has 2 rings (SSSR count). The van der Waals surface area contributed by atoms with E-state index < -0.39 is 21.4 Å². The van der Waals surface area contributed by atoms with E-state index in [4.69, 9.17) is 23.2 Å². The lowest BCUT2D eigenvalue weighted by molar-refractivity contribution is -0.0499. The SMILES string of the molecule is CSc1ccc(-c2cc(Cl)c(Cl)cc2OS(=O)(=O)C(F)(F)F)cc1. The summed E-state index contributed by atoms with van der Waals surface area (Å²) in [5, 5.41) is -0.0779. The molecule has 0 aliphatic heterocycles. The first kappa shape index (κ1) is 19.2. The maximum atomic E-state index is 12.6. The van der Waals surface area contributed by atoms with Crippen LogP contribution in [0.4, 0.5) is 13.2 Å². The Kier molecular flexibility index (Phi) is 5.64. The van der Waals surface area contributed by atoms with Crippen molar-refractivity contribution in [3.05, 3.63) is 46.4 Å². The van der Waals surface area contributed by atoms with Crippen LogP contribution in [0, 0.1) is 0 Å². The van der Waals surface area contributed by atoms with E-state index >= 15 is 0 Å². The summed E-state index contributed by atoms with van der Waals surface area (Å²) in [6.07, 6.45) is 1.86. The van der Waals surface area contributed by atoms with Gasteiger partial charge in [0.1, 0.15) is 0 Å². The largest absolute Gasteiger partial charge is 0.534 e. The second-order valence-electron chi connectivity index (χ2n) is 4.47. The molecule has 0 aliphatic rings. The van der Waals surface area contributed by atoms with E-state index in [2.05, 4.69) is 4.18 Å². The smallest absolute Gasteiger partial charge is 0.375 e. The van der Waals surface area contributed by atoms with Crippen LogP contribution in [-0.4, -0.2) is 20.2 Å². The highest BCUT2D eigenvalue weighted by molar-refractivity contribution is 7.98. The Bertz CT molecular complexity index is 851. The topological polar surface area (TPSA) is 43.4 Å². The Morgan fingerprint density at radius 3 is 2.08 bits per heavy atom. The molecule has 10 heteroatoms. The van der Waals surface area contributed by atoms with Gasteiger partial charge in [0.25, 0.3) is 0 Å². The van der Waals surface area contributed by atoms with Gasteiger partial charge in [0, 0.05) is 16.5 Å². The molecule has 0 atom stereocenters. The third-order valence-corrected chi connectivity index (χ3v) is 5.34. The molecule has 0 amide bonds. The van der Waals surface area contributed by atoms with Crippen LogP contribution >= 0.6 is 35.0 Å². The van der Waals surface area contributed by atoms with Crippen molar-refractivity contribution in [3.63, 3.8) is 0 Å². The molecule has 0 bridgehead atoms. The van der Waals surface area contributed by atoms with Crippen LogP contribution in [0.15, 0.2) is 41.3 Å². The molecule has 0 saturated carbocycles. The highest BCUT2D eigenvalue weighted by atomic mass is 35.5. The van der Waals surface area contributed by atoms with E-state index in [1.165, 1.54) is 17.8 Å². The zero-order chi connectivity index (χ0) is 18.1. The number of alkyl halides is 3. The van der Waals surface area contributed by atoms with Crippen LogP contribution in [0.3, 0.4) is 0 Å². The van der Waals surface area contributed by atoms with Crippen LogP contribution in [0.5, 0.6) is 5.75 Å². The van der Waals surface area contributed by atoms with Gasteiger partial charge >= 0.3 is 15.6 Å². The van der Waals surface area contributed by atoms with Gasteiger partial charge in [-0.3, -0.25) is 0 Å². The van der Waals surface area contributed by atoms with Crippen molar-refractivity contribution in [2.45, 2.75) is 10.4 Å². The number of benzene rings is 2. The second kappa shape index (κ2) is 7.03. The summed E-state index contributed by atoms with van der Waals surface area (Å²) in [6.45, 7) is 0. The van der Waals surface area contributed by atoms with E-state index in [0.717, 1.165) is 11.0 Å². The Labute approximate surface area is 150 Å². The first-order valence-corrected chi connectivity index (χ1v) is 9.58. The van der Waals surface area contributed by atoms with Crippen LogP contribution in [0.25, 0.3) is 11.1 Å². The summed E-state index contributed by atoms with van der Waals surface area (Å²) in [6, 6.07) is 8.86. The van der Waals surface area contributed by atoms with Crippen molar-refractivity contribution in [1.82, 2.24) is 0 Å². The maximum Gasteiger partial charge on any atom is 0.534 e. The Balaban J connectivity index is 2.57. The lowest BCUT2D eigenvalue weighted by Gasteiger charge is -2.14. The normalized spacial score (nSPS) is 12.2. The fourth-order valence-corrected chi connectivity index (χ4v) is 2.95. The number of rotatable bonds is 4. The van der Waals surface area contributed by atoms with Crippen LogP contribution in [-0.2, 0) is 10.1 Å². The summed E-state index contributed by atoms with van der Waals surface area (Å²) in [4.78, 5) is 0.921. The maximum absolute atomic E-state index is 12.6. The molecule has 0 N–H and O–H groups in total. The summed E-state index contributed by atoms with van der Waals surface area (Å²) in [5.41, 5.74) is -5.05. The summed E-state index contributed by atoms with van der Waals surface area (Å²) in [5.74, 6) is -0.557. The van der Waals surface area contributed by atoms with Gasteiger partial charge in [-0.05, 0) is 30.0 Å². The molecule has 2 aromatic carbocycles. The molecule has 0 saturated heterocycles. The fourth-order valence-electron chi connectivity index (χ4n) is 1.76. The highest BCUT2D eigenvalue weighted by Gasteiger charge is 2.48. The van der Waals surface area contributed by atoms with Gasteiger partial charge in [0.05, 0.1) is 10.0 Å². The minimum absolute atomic E-state index is 0.0531. The minimum atomic E-state index is -5.83. The predicted octanol–water partition coefficient (Wildman–Crippen LogP) is 5.61. The molecule has 0 aromatic heterocycles. The van der Waals surface area contributed by atoms with Crippen molar-refractivity contribution in [2.24, 2.45) is 0 Å². The van der Waals surface area contributed by atoms with Crippen molar-refractivity contribution in [1.29, 1.82) is 0 Å². The molecule has 0 heterocycles. The van der Waals surface area contributed by atoms with Crippen molar-refractivity contribution in [2.75, 3.05) is 6.26 Å². The van der Waals surface area contributed by atoms with Crippen molar-refractivity contribution >= 4 is 45.1 Å². The third kappa shape index (κ3) is 4.11. The van der Waals surface area contributed by atoms with Gasteiger partial charge in [0.2, 0.25) is 0 Å². The zero-order valence-electron chi connectivity index (χ0n) is 11.9. The third-order valence-electron chi connectivity index (χ3n) is 2.91. The average Bonchev–Trinajstić information content (AvgIpc) is 2.49. The molecular weight excluding hydrogens is 408 g/mol. The standard InChI is InChI=1S/C14H9Cl2F3O3S2/c1-23-9-4-2-8(3-5-9)10-6-11(15)12(16)7-13(10)22-24(20,21)14(17,18)19/h2-7H,1H3. The van der Waals surface area contributed by atoms with Crippen LogP contribution in [0.1, 0.15) is 0 Å². The van der Waals surface area contributed by atoms with E-state index in [-0.39, 0.29) is 15.6 Å². The lowest BCUT2D eigenvalue weighted by atomic mass is 10.0. The van der Waals surface area contributed by atoms with Crippen molar-refractivity contribution < 1.29 is 25.8 Å². The Morgan fingerprint density at radius 1 is 1.04 bits per heavy atom. The van der Waals surface area contributed by atoms with Crippen LogP contribution < -0.4 is 4.18 Å². The van der Waals surface area contributed by atoms with E-state index in [1.807, 2.05) is 6.26 Å². The van der Waals surface area contributed by atoms with Crippen molar-refractivity contribution in [3.8, 4) is 16.9 Å². The quantitative estimate of drug-likeness (QED) is 0.369. The van der Waals surface area contributed by atoms with E-state index in [0.29, 0.717) is 5.56 Å². The van der Waals surface area contributed by atoms with Gasteiger partial charge < -0.3 is 4.18 Å². The number of hydrogen-bond acceptors (Lipinski definition) is 4. The molecule has 0 spiro atoms. The number of halogens is 5. The first-order valence-electron chi connectivity index (χ1n) is 6.19. The van der Waals surface area contributed by atoms with Crippen LogP contribution in [0.2, 0.25) is 10.0 Å². The Morgan fingerprint density at radius 2 is 1.58 bits per heavy atom. The average molecular weight is 417 g/mol. The molecule has 3 nitrogen and oxygen atoms in total. The second-order valence-corrected chi connectivity index (χ2v) is 7.71. The molecule has 2 aromatic rings. The molecule has 0 aliphatic carbocycles. The molecule has 130 valence electrons. The zero-order valence-corrected chi connectivity index (χ0v) is 15.0. The molecule has 0 unspecified atom stereocenters.